The molecule has 1 unspecified atom stereocenters. The van der Waals surface area contributed by atoms with Gasteiger partial charge in [-0.2, -0.15) is 5.26 Å². The predicted molar refractivity (Wildman–Crippen MR) is 63.9 cm³/mol. The zero-order valence-corrected chi connectivity index (χ0v) is 10.6. The smallest absolute Gasteiger partial charge is 0.351 e. The Kier molecular flexibility index (Phi) is 4.92. The van der Waals surface area contributed by atoms with Crippen molar-refractivity contribution in [1.29, 1.82) is 5.26 Å². The number of rotatable bonds is 4. The number of aryl methyl sites for hydroxylation is 1. The highest BCUT2D eigenvalue weighted by atomic mass is 32.2. The van der Waals surface area contributed by atoms with E-state index in [1.807, 2.05) is 6.07 Å². The van der Waals surface area contributed by atoms with Crippen LogP contribution in [0.1, 0.15) is 18.1 Å². The molecule has 0 aliphatic heterocycles. The van der Waals surface area contributed by atoms with Gasteiger partial charge in [0.15, 0.2) is 0 Å². The van der Waals surface area contributed by atoms with Crippen molar-refractivity contribution in [2.24, 2.45) is 0 Å². The number of aromatic amines is 1. The summed E-state index contributed by atoms with van der Waals surface area (Å²) < 4.78 is 18.0. The molecule has 7 heteroatoms. The van der Waals surface area contributed by atoms with E-state index in [1.54, 1.807) is 13.8 Å². The normalized spacial score (nSPS) is 11.7. The SMILES string of the molecule is CCOC(=O)C(F)Sc1[nH]c(=O)cc(C)c1C#N. The van der Waals surface area contributed by atoms with E-state index >= 15 is 0 Å². The first-order valence-corrected chi connectivity index (χ1v) is 5.99. The molecule has 1 aromatic rings. The second-order valence-electron chi connectivity index (χ2n) is 3.32. The molecule has 1 aromatic heterocycles. The number of alkyl halides is 1. The third kappa shape index (κ3) is 3.34. The number of ether oxygens (including phenoxy) is 1. The van der Waals surface area contributed by atoms with Crippen LogP contribution in [0.15, 0.2) is 15.9 Å². The summed E-state index contributed by atoms with van der Waals surface area (Å²) in [6.07, 6.45) is 0. The summed E-state index contributed by atoms with van der Waals surface area (Å²) >= 11 is 0.452. The van der Waals surface area contributed by atoms with E-state index in [9.17, 15) is 14.0 Å². The maximum Gasteiger partial charge on any atom is 0.351 e. The molecule has 5 nitrogen and oxygen atoms in total. The van der Waals surface area contributed by atoms with Crippen LogP contribution in [0.4, 0.5) is 4.39 Å². The maximum absolute atomic E-state index is 13.5. The van der Waals surface area contributed by atoms with E-state index in [-0.39, 0.29) is 17.2 Å². The van der Waals surface area contributed by atoms with Gasteiger partial charge in [0.2, 0.25) is 11.1 Å². The quantitative estimate of drug-likeness (QED) is 0.662. The summed E-state index contributed by atoms with van der Waals surface area (Å²) in [6.45, 7) is 3.19. The lowest BCUT2D eigenvalue weighted by atomic mass is 10.2. The molecule has 1 atom stereocenters. The number of nitrogens with one attached hydrogen (secondary N) is 1. The fourth-order valence-electron chi connectivity index (χ4n) is 1.25. The van der Waals surface area contributed by atoms with Gasteiger partial charge in [-0.05, 0) is 19.4 Å². The zero-order chi connectivity index (χ0) is 13.7. The Labute approximate surface area is 107 Å². The van der Waals surface area contributed by atoms with Crippen LogP contribution in [0.5, 0.6) is 0 Å². The number of thioether (sulfide) groups is 1. The first-order chi connectivity index (χ1) is 8.49. The van der Waals surface area contributed by atoms with Crippen molar-refractivity contribution in [3.05, 3.63) is 27.5 Å². The third-order valence-corrected chi connectivity index (χ3v) is 2.95. The summed E-state index contributed by atoms with van der Waals surface area (Å²) in [6, 6.07) is 3.09. The number of nitriles is 1. The number of halogens is 1. The van der Waals surface area contributed by atoms with Crippen LogP contribution in [0, 0.1) is 18.3 Å². The van der Waals surface area contributed by atoms with E-state index in [4.69, 9.17) is 5.26 Å². The topological polar surface area (TPSA) is 83.0 Å². The number of hydrogen-bond acceptors (Lipinski definition) is 5. The van der Waals surface area contributed by atoms with Gasteiger partial charge in [-0.3, -0.25) is 4.79 Å². The Balaban J connectivity index is 3.01. The lowest BCUT2D eigenvalue weighted by molar-refractivity contribution is -0.145. The molecular formula is C11H11FN2O3S. The minimum atomic E-state index is -1.98. The van der Waals surface area contributed by atoms with Gasteiger partial charge in [0.05, 0.1) is 17.2 Å². The molecule has 0 spiro atoms. The van der Waals surface area contributed by atoms with Gasteiger partial charge in [-0.25, -0.2) is 9.18 Å². The third-order valence-electron chi connectivity index (χ3n) is 2.01. The largest absolute Gasteiger partial charge is 0.463 e. The second-order valence-corrected chi connectivity index (χ2v) is 4.38. The number of esters is 1. The molecule has 96 valence electrons. The molecule has 18 heavy (non-hydrogen) atoms. The molecule has 0 aromatic carbocycles. The van der Waals surface area contributed by atoms with Gasteiger partial charge in [0, 0.05) is 6.07 Å². The number of H-pyrrole nitrogens is 1. The minimum Gasteiger partial charge on any atom is -0.463 e. The van der Waals surface area contributed by atoms with E-state index in [0.717, 1.165) is 0 Å². The molecule has 0 amide bonds. The summed E-state index contributed by atoms with van der Waals surface area (Å²) in [7, 11) is 0. The first kappa shape index (κ1) is 14.3. The van der Waals surface area contributed by atoms with Crippen LogP contribution in [0.3, 0.4) is 0 Å². The summed E-state index contributed by atoms with van der Waals surface area (Å²) in [5.41, 5.74) is -1.86. The average Bonchev–Trinajstić information content (AvgIpc) is 2.28. The fourth-order valence-corrected chi connectivity index (χ4v) is 2.10. The number of pyridine rings is 1. The highest BCUT2D eigenvalue weighted by molar-refractivity contribution is 8.00. The van der Waals surface area contributed by atoms with Crippen LogP contribution in [-0.2, 0) is 9.53 Å². The maximum atomic E-state index is 13.5. The number of carbonyl (C=O) groups excluding carboxylic acids is 1. The van der Waals surface area contributed by atoms with Crippen molar-refractivity contribution >= 4 is 17.7 Å². The molecule has 0 aliphatic rings. The Bertz CT molecular complexity index is 550. The molecule has 0 saturated heterocycles. The number of carbonyl (C=O) groups is 1. The van der Waals surface area contributed by atoms with Crippen LogP contribution in [0.2, 0.25) is 0 Å². The monoisotopic (exact) mass is 270 g/mol. The Hall–Kier alpha value is -1.81. The van der Waals surface area contributed by atoms with Gasteiger partial charge in [0.25, 0.3) is 0 Å². The van der Waals surface area contributed by atoms with Crippen LogP contribution < -0.4 is 5.56 Å². The molecule has 0 aliphatic carbocycles. The van der Waals surface area contributed by atoms with Crippen molar-refractivity contribution in [3.8, 4) is 6.07 Å². The molecule has 0 saturated carbocycles. The van der Waals surface area contributed by atoms with Crippen molar-refractivity contribution in [2.45, 2.75) is 24.4 Å². The van der Waals surface area contributed by atoms with Crippen LogP contribution in [0.25, 0.3) is 0 Å². The van der Waals surface area contributed by atoms with Crippen molar-refractivity contribution in [1.82, 2.24) is 4.98 Å². The van der Waals surface area contributed by atoms with Crippen molar-refractivity contribution in [2.75, 3.05) is 6.61 Å². The molecule has 0 bridgehead atoms. The van der Waals surface area contributed by atoms with E-state index < -0.39 is 17.0 Å². The van der Waals surface area contributed by atoms with E-state index in [0.29, 0.717) is 17.3 Å². The summed E-state index contributed by atoms with van der Waals surface area (Å²) in [4.78, 5) is 24.7. The number of hydrogen-bond donors (Lipinski definition) is 1. The molecule has 1 N–H and O–H groups in total. The minimum absolute atomic E-state index is 0.0306. The standard InChI is InChI=1S/C11H11FN2O3S/c1-3-17-11(16)9(12)18-10-7(5-13)6(2)4-8(15)14-10/h4,9H,3H2,1-2H3,(H,14,15). The molecule has 0 fully saturated rings. The van der Waals surface area contributed by atoms with Crippen LogP contribution in [-0.4, -0.2) is 23.1 Å². The molecular weight excluding hydrogens is 259 g/mol. The predicted octanol–water partition coefficient (Wildman–Crippen LogP) is 1.51. The first-order valence-electron chi connectivity index (χ1n) is 5.11. The van der Waals surface area contributed by atoms with E-state index in [1.165, 1.54) is 6.07 Å². The number of aromatic nitrogens is 1. The average molecular weight is 270 g/mol. The van der Waals surface area contributed by atoms with Gasteiger partial charge in [-0.15, -0.1) is 0 Å². The van der Waals surface area contributed by atoms with E-state index in [2.05, 4.69) is 9.72 Å². The molecule has 1 heterocycles. The molecule has 1 rings (SSSR count). The second kappa shape index (κ2) is 6.21. The lowest BCUT2D eigenvalue weighted by Crippen LogP contribution is -2.17. The number of nitrogens with zero attached hydrogens (tertiary/aromatic N) is 1. The van der Waals surface area contributed by atoms with Gasteiger partial charge in [0.1, 0.15) is 6.07 Å². The zero-order valence-electron chi connectivity index (χ0n) is 9.82. The Morgan fingerprint density at radius 1 is 1.72 bits per heavy atom. The van der Waals surface area contributed by atoms with Crippen molar-refractivity contribution < 1.29 is 13.9 Å². The van der Waals surface area contributed by atoms with Gasteiger partial charge < -0.3 is 9.72 Å². The fraction of sp³-hybridized carbons (Fsp3) is 0.364. The van der Waals surface area contributed by atoms with Crippen LogP contribution >= 0.6 is 11.8 Å². The van der Waals surface area contributed by atoms with Gasteiger partial charge >= 0.3 is 5.97 Å². The van der Waals surface area contributed by atoms with Gasteiger partial charge in [-0.1, -0.05) is 11.8 Å². The Morgan fingerprint density at radius 2 is 2.39 bits per heavy atom. The summed E-state index contributed by atoms with van der Waals surface area (Å²) in [5.74, 6) is -1.03. The summed E-state index contributed by atoms with van der Waals surface area (Å²) in [5, 5.41) is 8.95. The Morgan fingerprint density at radius 3 is 2.94 bits per heavy atom. The highest BCUT2D eigenvalue weighted by Crippen LogP contribution is 2.26. The molecule has 0 radical (unpaired) electrons. The van der Waals surface area contributed by atoms with Crippen molar-refractivity contribution in [3.63, 3.8) is 0 Å². The lowest BCUT2D eigenvalue weighted by Gasteiger charge is -2.09. The highest BCUT2D eigenvalue weighted by Gasteiger charge is 2.22.